The fraction of sp³-hybridized carbons (Fsp3) is 1.00. The van der Waals surface area contributed by atoms with E-state index in [9.17, 15) is 13.2 Å². The van der Waals surface area contributed by atoms with E-state index in [0.29, 0.717) is 0 Å². The molecule has 2 atom stereocenters. The third-order valence-electron chi connectivity index (χ3n) is 1.42. The maximum Gasteiger partial charge on any atom is 0.414 e. The number of rotatable bonds is 4. The van der Waals surface area contributed by atoms with Crippen molar-refractivity contribution >= 4 is 0 Å². The van der Waals surface area contributed by atoms with E-state index in [0.717, 1.165) is 0 Å². The molecule has 0 rings (SSSR count). The van der Waals surface area contributed by atoms with E-state index in [-0.39, 0.29) is 13.0 Å². The number of halogens is 3. The SMILES string of the molecule is N[C@H](CO)CC[C@@H](O)C(F)(F)F. The highest BCUT2D eigenvalue weighted by Gasteiger charge is 2.37. The standard InChI is InChI=1S/C6H12F3NO2/c7-6(8,9)5(12)2-1-4(10)3-11/h4-5,11-12H,1-3,10H2/t4-,5+/m0/s1. The van der Waals surface area contributed by atoms with Crippen LogP contribution in [-0.4, -0.2) is 35.1 Å². The number of hydrogen-bond donors (Lipinski definition) is 3. The summed E-state index contributed by atoms with van der Waals surface area (Å²) in [4.78, 5) is 0. The second kappa shape index (κ2) is 4.64. The Bertz CT molecular complexity index is 128. The van der Waals surface area contributed by atoms with Crippen LogP contribution < -0.4 is 5.73 Å². The van der Waals surface area contributed by atoms with Gasteiger partial charge in [0.05, 0.1) is 6.61 Å². The molecule has 0 saturated carbocycles. The second-order valence-electron chi connectivity index (χ2n) is 2.58. The van der Waals surface area contributed by atoms with E-state index < -0.39 is 24.7 Å². The average Bonchev–Trinajstić information content (AvgIpc) is 1.97. The van der Waals surface area contributed by atoms with Crippen LogP contribution in [0.15, 0.2) is 0 Å². The molecule has 0 fully saturated rings. The molecule has 0 aliphatic heterocycles. The van der Waals surface area contributed by atoms with Gasteiger partial charge in [0.15, 0.2) is 0 Å². The third kappa shape index (κ3) is 4.53. The minimum absolute atomic E-state index is 0.0445. The lowest BCUT2D eigenvalue weighted by molar-refractivity contribution is -0.205. The van der Waals surface area contributed by atoms with Crippen LogP contribution in [0, 0.1) is 0 Å². The summed E-state index contributed by atoms with van der Waals surface area (Å²) in [6, 6.07) is -0.693. The number of hydrogen-bond acceptors (Lipinski definition) is 3. The first-order chi connectivity index (χ1) is 5.38. The summed E-state index contributed by atoms with van der Waals surface area (Å²) >= 11 is 0. The van der Waals surface area contributed by atoms with Crippen molar-refractivity contribution in [3.05, 3.63) is 0 Å². The molecule has 0 aliphatic carbocycles. The van der Waals surface area contributed by atoms with E-state index >= 15 is 0 Å². The highest BCUT2D eigenvalue weighted by Crippen LogP contribution is 2.23. The molecule has 74 valence electrons. The zero-order chi connectivity index (χ0) is 9.78. The zero-order valence-corrected chi connectivity index (χ0v) is 6.38. The first-order valence-corrected chi connectivity index (χ1v) is 3.49. The van der Waals surface area contributed by atoms with Gasteiger partial charge in [0.2, 0.25) is 0 Å². The minimum Gasteiger partial charge on any atom is -0.395 e. The molecule has 12 heavy (non-hydrogen) atoms. The van der Waals surface area contributed by atoms with Gasteiger partial charge in [-0.1, -0.05) is 0 Å². The molecule has 0 saturated heterocycles. The predicted octanol–water partition coefficient (Wildman–Crippen LogP) is 0.00940. The van der Waals surface area contributed by atoms with E-state index in [1.807, 2.05) is 0 Å². The molecule has 0 bridgehead atoms. The lowest BCUT2D eigenvalue weighted by atomic mass is 10.1. The van der Waals surface area contributed by atoms with Gasteiger partial charge >= 0.3 is 6.18 Å². The molecule has 0 spiro atoms. The smallest absolute Gasteiger partial charge is 0.395 e. The average molecular weight is 187 g/mol. The van der Waals surface area contributed by atoms with Gasteiger partial charge in [0.1, 0.15) is 6.10 Å². The van der Waals surface area contributed by atoms with Crippen molar-refractivity contribution in [1.82, 2.24) is 0 Å². The van der Waals surface area contributed by atoms with Crippen LogP contribution in [0.25, 0.3) is 0 Å². The summed E-state index contributed by atoms with van der Waals surface area (Å²) in [5.74, 6) is 0. The van der Waals surface area contributed by atoms with Crippen molar-refractivity contribution in [3.63, 3.8) is 0 Å². The Morgan fingerprint density at radius 3 is 2.08 bits per heavy atom. The van der Waals surface area contributed by atoms with Crippen LogP contribution in [0.5, 0.6) is 0 Å². The molecule has 6 heteroatoms. The topological polar surface area (TPSA) is 66.5 Å². The molecular formula is C6H12F3NO2. The molecule has 0 aromatic rings. The molecular weight excluding hydrogens is 175 g/mol. The number of aliphatic hydroxyl groups is 2. The maximum absolute atomic E-state index is 11.7. The molecule has 0 amide bonds. The van der Waals surface area contributed by atoms with Gasteiger partial charge in [0, 0.05) is 6.04 Å². The molecule has 0 unspecified atom stereocenters. The van der Waals surface area contributed by atoms with Crippen molar-refractivity contribution in [2.75, 3.05) is 6.61 Å². The lowest BCUT2D eigenvalue weighted by Gasteiger charge is -2.15. The Hall–Kier alpha value is -0.330. The molecule has 0 aromatic heterocycles. The largest absolute Gasteiger partial charge is 0.414 e. The summed E-state index contributed by atoms with van der Waals surface area (Å²) < 4.78 is 35.0. The Labute approximate surface area is 68.0 Å². The van der Waals surface area contributed by atoms with Gasteiger partial charge < -0.3 is 15.9 Å². The summed E-state index contributed by atoms with van der Waals surface area (Å²) in [5.41, 5.74) is 5.14. The van der Waals surface area contributed by atoms with E-state index in [4.69, 9.17) is 15.9 Å². The van der Waals surface area contributed by atoms with E-state index in [1.54, 1.807) is 0 Å². The predicted molar refractivity (Wildman–Crippen MR) is 36.4 cm³/mol. The van der Waals surface area contributed by atoms with Crippen LogP contribution >= 0.6 is 0 Å². The fourth-order valence-corrected chi connectivity index (χ4v) is 0.627. The highest BCUT2D eigenvalue weighted by molar-refractivity contribution is 4.68. The summed E-state index contributed by atoms with van der Waals surface area (Å²) in [6.07, 6.45) is -7.44. The molecule has 0 aromatic carbocycles. The van der Waals surface area contributed by atoms with Crippen molar-refractivity contribution in [3.8, 4) is 0 Å². The van der Waals surface area contributed by atoms with Crippen LogP contribution in [0.1, 0.15) is 12.8 Å². The van der Waals surface area contributed by atoms with Crippen LogP contribution in [-0.2, 0) is 0 Å². The Balaban J connectivity index is 3.64. The summed E-state index contributed by atoms with van der Waals surface area (Å²) in [7, 11) is 0. The first-order valence-electron chi connectivity index (χ1n) is 3.49. The van der Waals surface area contributed by atoms with Crippen molar-refractivity contribution < 1.29 is 23.4 Å². The Morgan fingerprint density at radius 1 is 1.25 bits per heavy atom. The normalized spacial score (nSPS) is 17.5. The van der Waals surface area contributed by atoms with Crippen molar-refractivity contribution in [2.24, 2.45) is 5.73 Å². The maximum atomic E-state index is 11.7. The first kappa shape index (κ1) is 11.7. The number of nitrogens with two attached hydrogens (primary N) is 1. The van der Waals surface area contributed by atoms with Gasteiger partial charge in [-0.05, 0) is 12.8 Å². The quantitative estimate of drug-likeness (QED) is 0.580. The summed E-state index contributed by atoms with van der Waals surface area (Å²) in [5, 5.41) is 16.8. The highest BCUT2D eigenvalue weighted by atomic mass is 19.4. The third-order valence-corrected chi connectivity index (χ3v) is 1.42. The molecule has 3 nitrogen and oxygen atoms in total. The van der Waals surface area contributed by atoms with Crippen LogP contribution in [0.2, 0.25) is 0 Å². The minimum atomic E-state index is -4.59. The fourth-order valence-electron chi connectivity index (χ4n) is 0.627. The zero-order valence-electron chi connectivity index (χ0n) is 6.38. The summed E-state index contributed by atoms with van der Waals surface area (Å²) in [6.45, 7) is -0.370. The van der Waals surface area contributed by atoms with Crippen LogP contribution in [0.3, 0.4) is 0 Å². The molecule has 0 aliphatic rings. The van der Waals surface area contributed by atoms with Gasteiger partial charge in [-0.3, -0.25) is 0 Å². The van der Waals surface area contributed by atoms with Gasteiger partial charge in [-0.25, -0.2) is 0 Å². The van der Waals surface area contributed by atoms with Gasteiger partial charge in [0.25, 0.3) is 0 Å². The second-order valence-corrected chi connectivity index (χ2v) is 2.58. The van der Waals surface area contributed by atoms with Crippen LogP contribution in [0.4, 0.5) is 13.2 Å². The molecule has 0 heterocycles. The lowest BCUT2D eigenvalue weighted by Crippen LogP contribution is -2.32. The Morgan fingerprint density at radius 2 is 1.75 bits per heavy atom. The molecule has 4 N–H and O–H groups in total. The molecule has 0 radical (unpaired) electrons. The van der Waals surface area contributed by atoms with Gasteiger partial charge in [-0.15, -0.1) is 0 Å². The van der Waals surface area contributed by atoms with Crippen molar-refractivity contribution in [2.45, 2.75) is 31.2 Å². The number of aliphatic hydroxyl groups excluding tert-OH is 2. The van der Waals surface area contributed by atoms with Gasteiger partial charge in [-0.2, -0.15) is 13.2 Å². The Kier molecular flexibility index (Phi) is 4.51. The monoisotopic (exact) mass is 187 g/mol. The van der Waals surface area contributed by atoms with E-state index in [2.05, 4.69) is 0 Å². The van der Waals surface area contributed by atoms with Crippen molar-refractivity contribution in [1.29, 1.82) is 0 Å². The number of alkyl halides is 3. The van der Waals surface area contributed by atoms with E-state index in [1.165, 1.54) is 0 Å².